The zero-order valence-electron chi connectivity index (χ0n) is 14.6. The number of thiazole rings is 1. The number of hydrogen-bond acceptors (Lipinski definition) is 4. The molecule has 1 aromatic carbocycles. The predicted molar refractivity (Wildman–Crippen MR) is 99.7 cm³/mol. The molecule has 1 aliphatic heterocycles. The highest BCUT2D eigenvalue weighted by Gasteiger charge is 2.31. The monoisotopic (exact) mass is 341 g/mol. The second-order valence-corrected chi connectivity index (χ2v) is 8.16. The number of aliphatic hydroxyl groups is 1. The van der Waals surface area contributed by atoms with Crippen LogP contribution in [-0.2, 0) is 12.0 Å². The zero-order valence-corrected chi connectivity index (χ0v) is 15.4. The van der Waals surface area contributed by atoms with E-state index in [1.807, 2.05) is 16.3 Å². The van der Waals surface area contributed by atoms with Gasteiger partial charge in [0.1, 0.15) is 16.6 Å². The van der Waals surface area contributed by atoms with Gasteiger partial charge < -0.3 is 10.0 Å². The molecule has 1 aromatic heterocycles. The molecule has 1 aliphatic rings. The van der Waals surface area contributed by atoms with Gasteiger partial charge in [0.25, 0.3) is 0 Å². The first-order chi connectivity index (χ1) is 11.3. The lowest BCUT2D eigenvalue weighted by Gasteiger charge is -2.18. The van der Waals surface area contributed by atoms with E-state index in [9.17, 15) is 5.11 Å². The molecule has 0 aliphatic carbocycles. The van der Waals surface area contributed by atoms with E-state index >= 15 is 0 Å². The van der Waals surface area contributed by atoms with Crippen molar-refractivity contribution < 1.29 is 5.11 Å². The molecule has 2 aromatic rings. The van der Waals surface area contributed by atoms with Gasteiger partial charge in [0.2, 0.25) is 0 Å². The van der Waals surface area contributed by atoms with Crippen molar-refractivity contribution in [2.45, 2.75) is 39.7 Å². The zero-order chi connectivity index (χ0) is 17.5. The molecule has 3 rings (SSSR count). The van der Waals surface area contributed by atoms with Crippen LogP contribution in [-0.4, -0.2) is 27.4 Å². The average molecular weight is 341 g/mol. The van der Waals surface area contributed by atoms with Crippen LogP contribution in [0.15, 0.2) is 35.4 Å². The molecule has 0 bridgehead atoms. The first-order valence-electron chi connectivity index (χ1n) is 8.03. The van der Waals surface area contributed by atoms with Crippen molar-refractivity contribution >= 4 is 22.7 Å². The van der Waals surface area contributed by atoms with Crippen LogP contribution in [0.4, 0.5) is 0 Å². The summed E-state index contributed by atoms with van der Waals surface area (Å²) in [5.74, 6) is 0.589. The fraction of sp³-hybridized carbons (Fsp3) is 0.368. The van der Waals surface area contributed by atoms with Gasteiger partial charge in [0.15, 0.2) is 0 Å². The van der Waals surface area contributed by atoms with Gasteiger partial charge in [-0.05, 0) is 12.5 Å². The summed E-state index contributed by atoms with van der Waals surface area (Å²) in [5.41, 5.74) is 3.87. The highest BCUT2D eigenvalue weighted by Crippen LogP contribution is 2.33. The molecule has 24 heavy (non-hydrogen) atoms. The minimum absolute atomic E-state index is 0.0347. The number of aryl methyl sites for hydroxylation is 1. The first-order valence-corrected chi connectivity index (χ1v) is 8.91. The third-order valence-corrected chi connectivity index (χ3v) is 4.98. The van der Waals surface area contributed by atoms with Gasteiger partial charge in [-0.1, -0.05) is 50.6 Å². The van der Waals surface area contributed by atoms with E-state index < -0.39 is 0 Å². The van der Waals surface area contributed by atoms with Crippen LogP contribution in [0, 0.1) is 12.3 Å². The van der Waals surface area contributed by atoms with Gasteiger partial charge in [-0.15, -0.1) is 11.3 Å². The number of hydrogen-bond donors (Lipinski definition) is 2. The van der Waals surface area contributed by atoms with Crippen LogP contribution >= 0.6 is 11.3 Å². The largest absolute Gasteiger partial charge is 0.510 e. The van der Waals surface area contributed by atoms with Crippen molar-refractivity contribution in [3.05, 3.63) is 57.2 Å². The Morgan fingerprint density at radius 3 is 2.71 bits per heavy atom. The van der Waals surface area contributed by atoms with E-state index in [0.717, 1.165) is 16.3 Å². The highest BCUT2D eigenvalue weighted by atomic mass is 32.1. The van der Waals surface area contributed by atoms with Crippen LogP contribution < -0.4 is 0 Å². The van der Waals surface area contributed by atoms with Gasteiger partial charge in [-0.25, -0.2) is 4.98 Å². The van der Waals surface area contributed by atoms with Crippen molar-refractivity contribution in [2.24, 2.45) is 0 Å². The second-order valence-electron chi connectivity index (χ2n) is 7.30. The molecule has 126 valence electrons. The van der Waals surface area contributed by atoms with E-state index in [4.69, 9.17) is 5.41 Å². The minimum Gasteiger partial charge on any atom is -0.510 e. The van der Waals surface area contributed by atoms with Gasteiger partial charge in [-0.3, -0.25) is 5.41 Å². The minimum atomic E-state index is -0.0347. The summed E-state index contributed by atoms with van der Waals surface area (Å²) in [6.45, 7) is 9.39. The number of nitrogens with zero attached hydrogens (tertiary/aromatic N) is 2. The molecule has 2 N–H and O–H groups in total. The Morgan fingerprint density at radius 2 is 2.08 bits per heavy atom. The molecule has 0 unspecified atom stereocenters. The Kier molecular flexibility index (Phi) is 4.22. The molecular weight excluding hydrogens is 318 g/mol. The topological polar surface area (TPSA) is 60.2 Å². The van der Waals surface area contributed by atoms with Gasteiger partial charge in [-0.2, -0.15) is 0 Å². The van der Waals surface area contributed by atoms with E-state index in [0.29, 0.717) is 24.5 Å². The molecule has 0 saturated carbocycles. The molecule has 0 radical (unpaired) electrons. The number of rotatable bonds is 3. The Balaban J connectivity index is 1.82. The summed E-state index contributed by atoms with van der Waals surface area (Å²) in [6.07, 6.45) is 0. The maximum absolute atomic E-state index is 10.4. The van der Waals surface area contributed by atoms with E-state index in [1.54, 1.807) is 0 Å². The van der Waals surface area contributed by atoms with E-state index in [1.165, 1.54) is 16.9 Å². The van der Waals surface area contributed by atoms with Gasteiger partial charge in [0, 0.05) is 17.3 Å². The van der Waals surface area contributed by atoms with Gasteiger partial charge in [0.05, 0.1) is 17.8 Å². The summed E-state index contributed by atoms with van der Waals surface area (Å²) >= 11 is 1.50. The predicted octanol–water partition coefficient (Wildman–Crippen LogP) is 4.51. The number of aromatic nitrogens is 1. The van der Waals surface area contributed by atoms with Crippen LogP contribution in [0.1, 0.15) is 42.6 Å². The molecule has 4 nitrogen and oxygen atoms in total. The lowest BCUT2D eigenvalue weighted by molar-refractivity contribution is 0.347. The summed E-state index contributed by atoms with van der Waals surface area (Å²) < 4.78 is 0. The maximum atomic E-state index is 10.4. The van der Waals surface area contributed by atoms with Crippen molar-refractivity contribution in [3.8, 4) is 0 Å². The van der Waals surface area contributed by atoms with Gasteiger partial charge >= 0.3 is 0 Å². The third kappa shape index (κ3) is 3.22. The summed E-state index contributed by atoms with van der Waals surface area (Å²) in [7, 11) is 0. The first kappa shape index (κ1) is 16.7. The number of benzene rings is 1. The molecule has 0 saturated heterocycles. The van der Waals surface area contributed by atoms with Crippen molar-refractivity contribution in [1.29, 1.82) is 5.41 Å². The van der Waals surface area contributed by atoms with Crippen LogP contribution in [0.25, 0.3) is 5.57 Å². The Morgan fingerprint density at radius 1 is 1.33 bits per heavy atom. The molecule has 5 heteroatoms. The quantitative estimate of drug-likeness (QED) is 0.863. The number of nitrogens with one attached hydrogen (secondary N) is 1. The van der Waals surface area contributed by atoms with Crippen LogP contribution in [0.2, 0.25) is 0 Å². The standard InChI is InChI=1S/C19H23N3OS/c1-12-6-5-7-13(8-12)9-22-10-14(23)16(17(22)20)18-21-15(11-24-18)19(2,3)4/h5-8,11,20,23H,9-10H2,1-4H3. The maximum Gasteiger partial charge on any atom is 0.135 e. The van der Waals surface area contributed by atoms with Crippen molar-refractivity contribution in [2.75, 3.05) is 6.54 Å². The summed E-state index contributed by atoms with van der Waals surface area (Å²) in [4.78, 5) is 6.54. The SMILES string of the molecule is Cc1cccc(CN2CC(O)=C(c3nc(C(C)(C)C)cs3)C2=N)c1. The average Bonchev–Trinajstić information content (AvgIpc) is 3.05. The fourth-order valence-electron chi connectivity index (χ4n) is 2.76. The van der Waals surface area contributed by atoms with Crippen molar-refractivity contribution in [1.82, 2.24) is 9.88 Å². The molecule has 2 heterocycles. The summed E-state index contributed by atoms with van der Waals surface area (Å²) in [5, 5.41) is 21.6. The Hall–Kier alpha value is -2.14. The van der Waals surface area contributed by atoms with E-state index in [2.05, 4.69) is 50.9 Å². The Labute approximate surface area is 147 Å². The molecular formula is C19H23N3OS. The smallest absolute Gasteiger partial charge is 0.135 e. The highest BCUT2D eigenvalue weighted by molar-refractivity contribution is 7.11. The second kappa shape index (κ2) is 6.06. The molecule has 0 fully saturated rings. The number of amidine groups is 1. The number of aliphatic hydroxyl groups excluding tert-OH is 1. The molecule has 0 atom stereocenters. The normalized spacial score (nSPS) is 15.5. The molecule has 0 spiro atoms. The van der Waals surface area contributed by atoms with Crippen LogP contribution in [0.3, 0.4) is 0 Å². The molecule has 0 amide bonds. The Bertz CT molecular complexity index is 814. The third-order valence-electron chi connectivity index (χ3n) is 4.12. The fourth-order valence-corrected chi connectivity index (χ4v) is 3.87. The summed E-state index contributed by atoms with van der Waals surface area (Å²) in [6, 6.07) is 8.25. The lowest BCUT2D eigenvalue weighted by atomic mass is 9.93. The van der Waals surface area contributed by atoms with Crippen LogP contribution in [0.5, 0.6) is 0 Å². The lowest BCUT2D eigenvalue weighted by Crippen LogP contribution is -2.26. The van der Waals surface area contributed by atoms with Crippen molar-refractivity contribution in [3.63, 3.8) is 0 Å². The van der Waals surface area contributed by atoms with E-state index in [-0.39, 0.29) is 11.2 Å².